The van der Waals surface area contributed by atoms with E-state index in [2.05, 4.69) is 4.98 Å². The van der Waals surface area contributed by atoms with Crippen molar-refractivity contribution in [3.05, 3.63) is 94.2 Å². The van der Waals surface area contributed by atoms with Crippen LogP contribution in [0, 0.1) is 17.5 Å². The fraction of sp³-hybridized carbons (Fsp3) is 0.192. The van der Waals surface area contributed by atoms with Gasteiger partial charge in [0.2, 0.25) is 5.88 Å². The van der Waals surface area contributed by atoms with Crippen LogP contribution in [0.5, 0.6) is 5.88 Å². The maximum Gasteiger partial charge on any atom is 0.213 e. The molecule has 2 aromatic carbocycles. The third-order valence-electron chi connectivity index (χ3n) is 6.16. The molecule has 178 valence electrons. The van der Waals surface area contributed by atoms with Crippen molar-refractivity contribution in [1.82, 2.24) is 9.55 Å². The molecular weight excluding hydrogens is 459 g/mol. The summed E-state index contributed by atoms with van der Waals surface area (Å²) >= 11 is 0. The molecule has 4 aromatic rings. The van der Waals surface area contributed by atoms with E-state index >= 15 is 4.39 Å². The summed E-state index contributed by atoms with van der Waals surface area (Å²) < 4.78 is 50.0. The van der Waals surface area contributed by atoms with Crippen molar-refractivity contribution >= 4 is 22.9 Å². The molecule has 0 N–H and O–H groups in total. The maximum atomic E-state index is 15.3. The van der Waals surface area contributed by atoms with Crippen molar-refractivity contribution in [2.75, 3.05) is 18.1 Å². The Hall–Kier alpha value is -4.14. The van der Waals surface area contributed by atoms with Crippen LogP contribution in [0.4, 0.5) is 18.9 Å². The molecule has 1 aliphatic heterocycles. The summed E-state index contributed by atoms with van der Waals surface area (Å²) in [5, 5.41) is -0.0407. The highest BCUT2D eigenvalue weighted by atomic mass is 19.2. The molecule has 1 atom stereocenters. The molecule has 0 radical (unpaired) electrons. The van der Waals surface area contributed by atoms with Crippen LogP contribution >= 0.6 is 0 Å². The van der Waals surface area contributed by atoms with E-state index in [-0.39, 0.29) is 40.5 Å². The number of ether oxygens (including phenoxy) is 1. The lowest BCUT2D eigenvalue weighted by Crippen LogP contribution is -2.35. The van der Waals surface area contributed by atoms with E-state index in [1.54, 1.807) is 18.3 Å². The Morgan fingerprint density at radius 1 is 1.06 bits per heavy atom. The minimum atomic E-state index is -1.09. The fourth-order valence-corrected chi connectivity index (χ4v) is 4.45. The highest BCUT2D eigenvalue weighted by molar-refractivity contribution is 5.89. The number of nitrogens with zero attached hydrogens (tertiary/aromatic N) is 3. The minimum Gasteiger partial charge on any atom is -0.475 e. The Kier molecular flexibility index (Phi) is 5.98. The summed E-state index contributed by atoms with van der Waals surface area (Å²) in [6, 6.07) is 11.0. The van der Waals surface area contributed by atoms with E-state index < -0.39 is 22.9 Å². The van der Waals surface area contributed by atoms with Gasteiger partial charge in [0.1, 0.15) is 12.4 Å². The number of benzene rings is 2. The van der Waals surface area contributed by atoms with Crippen molar-refractivity contribution in [1.29, 1.82) is 0 Å². The number of hydrogen-bond donors (Lipinski definition) is 0. The summed E-state index contributed by atoms with van der Waals surface area (Å²) in [6.45, 7) is 0.856. The Bertz CT molecular complexity index is 1470. The first-order chi connectivity index (χ1) is 17.0. The monoisotopic (exact) mass is 479 g/mol. The predicted octanol–water partition coefficient (Wildman–Crippen LogP) is 4.66. The first-order valence-corrected chi connectivity index (χ1v) is 11.1. The molecule has 1 aliphatic rings. The van der Waals surface area contributed by atoms with E-state index in [0.717, 1.165) is 31.0 Å². The first-order valence-electron chi connectivity index (χ1n) is 11.1. The van der Waals surface area contributed by atoms with Crippen LogP contribution in [0.1, 0.15) is 23.2 Å². The topological polar surface area (TPSA) is 64.4 Å². The van der Waals surface area contributed by atoms with Gasteiger partial charge in [-0.1, -0.05) is 6.07 Å². The van der Waals surface area contributed by atoms with Gasteiger partial charge < -0.3 is 14.2 Å². The van der Waals surface area contributed by atoms with Gasteiger partial charge in [0, 0.05) is 42.1 Å². The largest absolute Gasteiger partial charge is 0.475 e. The van der Waals surface area contributed by atoms with Gasteiger partial charge in [0.25, 0.3) is 0 Å². The van der Waals surface area contributed by atoms with Gasteiger partial charge in [-0.15, -0.1) is 0 Å². The zero-order valence-electron chi connectivity index (χ0n) is 18.5. The average molecular weight is 479 g/mol. The molecule has 1 saturated heterocycles. The van der Waals surface area contributed by atoms with Crippen molar-refractivity contribution in [3.8, 4) is 11.6 Å². The normalized spacial score (nSPS) is 15.5. The number of fused-ring (bicyclic) bond motifs is 1. The molecule has 5 rings (SSSR count). The molecule has 0 aliphatic carbocycles. The second-order valence-corrected chi connectivity index (χ2v) is 8.29. The van der Waals surface area contributed by atoms with E-state index in [4.69, 9.17) is 4.74 Å². The fourth-order valence-electron chi connectivity index (χ4n) is 4.45. The Morgan fingerprint density at radius 3 is 2.66 bits per heavy atom. The number of carbonyl (C=O) groups excluding carboxylic acids is 1. The number of carbonyl (C=O) groups is 1. The Balaban J connectivity index is 1.60. The highest BCUT2D eigenvalue weighted by Gasteiger charge is 2.28. The van der Waals surface area contributed by atoms with Crippen molar-refractivity contribution in [2.45, 2.75) is 18.9 Å². The molecule has 0 bridgehead atoms. The van der Waals surface area contributed by atoms with Gasteiger partial charge in [-0.3, -0.25) is 9.59 Å². The second kappa shape index (κ2) is 9.25. The summed E-state index contributed by atoms with van der Waals surface area (Å²) in [5.74, 6) is -2.28. The zero-order valence-corrected chi connectivity index (χ0v) is 18.5. The molecule has 1 fully saturated rings. The van der Waals surface area contributed by atoms with Gasteiger partial charge >= 0.3 is 0 Å². The van der Waals surface area contributed by atoms with Crippen LogP contribution in [0.3, 0.4) is 0 Å². The smallest absolute Gasteiger partial charge is 0.213 e. The highest BCUT2D eigenvalue weighted by Crippen LogP contribution is 2.32. The Morgan fingerprint density at radius 2 is 1.91 bits per heavy atom. The third-order valence-corrected chi connectivity index (χ3v) is 6.16. The summed E-state index contributed by atoms with van der Waals surface area (Å²) in [5.41, 5.74) is -0.169. The van der Waals surface area contributed by atoms with Crippen LogP contribution in [-0.2, 0) is 0 Å². The average Bonchev–Trinajstić information content (AvgIpc) is 3.34. The van der Waals surface area contributed by atoms with Gasteiger partial charge in [-0.25, -0.2) is 18.2 Å². The van der Waals surface area contributed by atoms with Gasteiger partial charge in [0.15, 0.2) is 23.3 Å². The molecule has 0 amide bonds. The van der Waals surface area contributed by atoms with Crippen LogP contribution < -0.4 is 15.1 Å². The molecule has 1 unspecified atom stereocenters. The third kappa shape index (κ3) is 4.25. The summed E-state index contributed by atoms with van der Waals surface area (Å²) in [4.78, 5) is 30.3. The molecule has 2 aromatic heterocycles. The lowest BCUT2D eigenvalue weighted by atomic mass is 10.1. The number of anilines is 1. The zero-order chi connectivity index (χ0) is 24.5. The van der Waals surface area contributed by atoms with Gasteiger partial charge in [-0.2, -0.15) is 0 Å². The first kappa shape index (κ1) is 22.6. The number of pyridine rings is 2. The molecule has 0 saturated carbocycles. The summed E-state index contributed by atoms with van der Waals surface area (Å²) in [6.07, 6.45) is 4.81. The second-order valence-electron chi connectivity index (χ2n) is 8.29. The molecule has 0 spiro atoms. The molecule has 6 nitrogen and oxygen atoms in total. The number of rotatable bonds is 6. The van der Waals surface area contributed by atoms with Crippen molar-refractivity contribution < 1.29 is 22.7 Å². The number of halogens is 3. The molecule has 35 heavy (non-hydrogen) atoms. The van der Waals surface area contributed by atoms with E-state index in [0.29, 0.717) is 18.7 Å². The van der Waals surface area contributed by atoms with Crippen LogP contribution in [-0.4, -0.2) is 35.0 Å². The lowest BCUT2D eigenvalue weighted by Gasteiger charge is -2.27. The number of aromatic nitrogens is 2. The molecule has 3 heterocycles. The van der Waals surface area contributed by atoms with Crippen LogP contribution in [0.25, 0.3) is 16.6 Å². The summed E-state index contributed by atoms with van der Waals surface area (Å²) in [7, 11) is 0. The van der Waals surface area contributed by atoms with E-state index in [1.807, 2.05) is 11.0 Å². The maximum absolute atomic E-state index is 15.3. The quantitative estimate of drug-likeness (QED) is 0.377. The van der Waals surface area contributed by atoms with Gasteiger partial charge in [0.05, 0.1) is 22.8 Å². The van der Waals surface area contributed by atoms with Crippen molar-refractivity contribution in [2.24, 2.45) is 0 Å². The van der Waals surface area contributed by atoms with E-state index in [9.17, 15) is 18.4 Å². The SMILES string of the molecule is O=Cc1cn(-c2ccc(F)c(F)c2)c2cc(N3CCCC3COc3ccccn3)c(F)cc2c1=O. The lowest BCUT2D eigenvalue weighted by molar-refractivity contribution is 0.112. The molecule has 9 heteroatoms. The number of aldehydes is 1. The standard InChI is InChI=1S/C26H20F3N3O3/c27-20-7-6-17(10-21(20)28)32-13-16(14-33)26(34)19-11-22(29)24(12-23(19)32)31-9-3-4-18(31)15-35-25-5-1-2-8-30-25/h1-2,5-8,10-14,18H,3-4,9,15H2. The van der Waals surface area contributed by atoms with Gasteiger partial charge in [-0.05, 0) is 43.2 Å². The predicted molar refractivity (Wildman–Crippen MR) is 125 cm³/mol. The van der Waals surface area contributed by atoms with Crippen molar-refractivity contribution in [3.63, 3.8) is 0 Å². The Labute approximate surface area is 198 Å². The van der Waals surface area contributed by atoms with Crippen LogP contribution in [0.2, 0.25) is 0 Å². The number of hydrogen-bond acceptors (Lipinski definition) is 5. The molecular formula is C26H20F3N3O3. The van der Waals surface area contributed by atoms with Crippen LogP contribution in [0.15, 0.2) is 65.7 Å². The van der Waals surface area contributed by atoms with E-state index in [1.165, 1.54) is 22.9 Å². The minimum absolute atomic E-state index is 0.0407.